The minimum atomic E-state index is -0.792. The van der Waals surface area contributed by atoms with E-state index in [9.17, 15) is 14.9 Å². The van der Waals surface area contributed by atoms with E-state index in [4.69, 9.17) is 21.1 Å². The molecule has 0 aromatic heterocycles. The van der Waals surface area contributed by atoms with Crippen LogP contribution in [0.3, 0.4) is 0 Å². The Hall–Kier alpha value is -2.80. The molecule has 2 aromatic carbocycles. The van der Waals surface area contributed by atoms with Gasteiger partial charge in [0, 0.05) is 11.1 Å². The van der Waals surface area contributed by atoms with E-state index in [1.165, 1.54) is 25.3 Å². The molecule has 0 aliphatic heterocycles. The summed E-state index contributed by atoms with van der Waals surface area (Å²) in [6.07, 6.45) is -0.792. The molecule has 0 aliphatic carbocycles. The molecule has 0 aliphatic rings. The molecule has 132 valence electrons. The van der Waals surface area contributed by atoms with E-state index in [0.29, 0.717) is 16.5 Å². The maximum atomic E-state index is 12.3. The lowest BCUT2D eigenvalue weighted by molar-refractivity contribution is -0.384. The zero-order valence-corrected chi connectivity index (χ0v) is 14.7. The van der Waals surface area contributed by atoms with Gasteiger partial charge in [0.1, 0.15) is 11.5 Å². The molecule has 0 fully saturated rings. The Morgan fingerprint density at radius 1 is 1.24 bits per heavy atom. The van der Waals surface area contributed by atoms with Crippen LogP contribution in [0.5, 0.6) is 11.5 Å². The number of nitrogens with one attached hydrogen (secondary N) is 1. The summed E-state index contributed by atoms with van der Waals surface area (Å²) < 4.78 is 10.7. The number of carbonyl (C=O) groups excluding carboxylic acids is 1. The van der Waals surface area contributed by atoms with Crippen molar-refractivity contribution in [2.75, 3.05) is 12.4 Å². The summed E-state index contributed by atoms with van der Waals surface area (Å²) in [6, 6.07) is 9.04. The average molecular weight is 365 g/mol. The van der Waals surface area contributed by atoms with E-state index in [2.05, 4.69) is 5.32 Å². The Kier molecular flexibility index (Phi) is 5.82. The van der Waals surface area contributed by atoms with Gasteiger partial charge in [-0.05, 0) is 43.7 Å². The first-order valence-electron chi connectivity index (χ1n) is 7.38. The van der Waals surface area contributed by atoms with E-state index < -0.39 is 16.9 Å². The first kappa shape index (κ1) is 18.5. The Morgan fingerprint density at radius 2 is 1.96 bits per heavy atom. The molecule has 7 nitrogen and oxygen atoms in total. The minimum Gasteiger partial charge on any atom is -0.494 e. The molecule has 0 radical (unpaired) electrons. The van der Waals surface area contributed by atoms with Crippen LogP contribution in [0.4, 0.5) is 11.4 Å². The SMILES string of the molecule is COc1cc([N+](=O)[O-])ccc1NC(=O)[C@H](C)Oc1ccc(Cl)cc1C. The average Bonchev–Trinajstić information content (AvgIpc) is 2.57. The fourth-order valence-corrected chi connectivity index (χ4v) is 2.35. The predicted octanol–water partition coefficient (Wildman–Crippen LogP) is 3.97. The molecule has 1 amide bonds. The van der Waals surface area contributed by atoms with E-state index >= 15 is 0 Å². The van der Waals surface area contributed by atoms with Gasteiger partial charge >= 0.3 is 0 Å². The number of nitrogens with zero attached hydrogens (tertiary/aromatic N) is 1. The second-order valence-electron chi connectivity index (χ2n) is 5.30. The van der Waals surface area contributed by atoms with Gasteiger partial charge in [-0.15, -0.1) is 0 Å². The predicted molar refractivity (Wildman–Crippen MR) is 94.6 cm³/mol. The van der Waals surface area contributed by atoms with Gasteiger partial charge in [0.2, 0.25) is 0 Å². The molecule has 0 heterocycles. The van der Waals surface area contributed by atoms with Crippen molar-refractivity contribution in [2.45, 2.75) is 20.0 Å². The van der Waals surface area contributed by atoms with Crippen LogP contribution in [0.2, 0.25) is 5.02 Å². The normalized spacial score (nSPS) is 11.5. The van der Waals surface area contributed by atoms with Crippen molar-refractivity contribution < 1.29 is 19.2 Å². The molecule has 8 heteroatoms. The number of anilines is 1. The Balaban J connectivity index is 2.11. The smallest absolute Gasteiger partial charge is 0.273 e. The molecule has 25 heavy (non-hydrogen) atoms. The van der Waals surface area contributed by atoms with Crippen LogP contribution < -0.4 is 14.8 Å². The van der Waals surface area contributed by atoms with Gasteiger partial charge in [-0.25, -0.2) is 0 Å². The highest BCUT2D eigenvalue weighted by molar-refractivity contribution is 6.30. The quantitative estimate of drug-likeness (QED) is 0.618. The summed E-state index contributed by atoms with van der Waals surface area (Å²) in [7, 11) is 1.37. The number of rotatable bonds is 6. The van der Waals surface area contributed by atoms with Crippen LogP contribution >= 0.6 is 11.6 Å². The summed E-state index contributed by atoms with van der Waals surface area (Å²) in [5.74, 6) is 0.321. The Labute approximate surface area is 149 Å². The van der Waals surface area contributed by atoms with Gasteiger partial charge in [0.15, 0.2) is 6.10 Å². The number of ether oxygens (including phenoxy) is 2. The van der Waals surface area contributed by atoms with Crippen molar-refractivity contribution in [1.82, 2.24) is 0 Å². The Bertz CT molecular complexity index is 810. The second kappa shape index (κ2) is 7.85. The van der Waals surface area contributed by atoms with Crippen LogP contribution in [0.25, 0.3) is 0 Å². The van der Waals surface area contributed by atoms with Crippen molar-refractivity contribution >= 4 is 28.9 Å². The van der Waals surface area contributed by atoms with Crippen molar-refractivity contribution in [3.8, 4) is 11.5 Å². The zero-order chi connectivity index (χ0) is 18.6. The van der Waals surface area contributed by atoms with Crippen LogP contribution in [0.15, 0.2) is 36.4 Å². The van der Waals surface area contributed by atoms with E-state index in [1.807, 2.05) is 6.92 Å². The summed E-state index contributed by atoms with van der Waals surface area (Å²) in [4.78, 5) is 22.6. The number of amides is 1. The fraction of sp³-hybridized carbons (Fsp3) is 0.235. The molecule has 0 unspecified atom stereocenters. The van der Waals surface area contributed by atoms with Crippen LogP contribution in [0.1, 0.15) is 12.5 Å². The number of non-ortho nitro benzene ring substituents is 1. The zero-order valence-electron chi connectivity index (χ0n) is 13.9. The van der Waals surface area contributed by atoms with E-state index in [0.717, 1.165) is 5.56 Å². The standard InChI is InChI=1S/C17H17ClN2O5/c1-10-8-12(18)4-7-15(10)25-11(2)17(21)19-14-6-5-13(20(22)23)9-16(14)24-3/h4-9,11H,1-3H3,(H,19,21)/t11-/m0/s1. The first-order valence-corrected chi connectivity index (χ1v) is 7.75. The van der Waals surface area contributed by atoms with Gasteiger partial charge in [-0.2, -0.15) is 0 Å². The fourth-order valence-electron chi connectivity index (χ4n) is 2.12. The molecular formula is C17H17ClN2O5. The number of hydrogen-bond donors (Lipinski definition) is 1. The number of benzene rings is 2. The van der Waals surface area contributed by atoms with Gasteiger partial charge in [0.05, 0.1) is 23.8 Å². The summed E-state index contributed by atoms with van der Waals surface area (Å²) >= 11 is 5.90. The highest BCUT2D eigenvalue weighted by atomic mass is 35.5. The third kappa shape index (κ3) is 4.60. The van der Waals surface area contributed by atoms with Crippen molar-refractivity contribution in [3.63, 3.8) is 0 Å². The number of nitro groups is 1. The summed E-state index contributed by atoms with van der Waals surface area (Å²) in [5, 5.41) is 14.0. The Morgan fingerprint density at radius 3 is 2.56 bits per heavy atom. The van der Waals surface area contributed by atoms with Crippen molar-refractivity contribution in [3.05, 3.63) is 57.1 Å². The molecule has 0 saturated heterocycles. The number of nitro benzene ring substituents is 1. The summed E-state index contributed by atoms with van der Waals surface area (Å²) in [5.41, 5.74) is 0.998. The van der Waals surface area contributed by atoms with Crippen LogP contribution in [-0.4, -0.2) is 24.0 Å². The van der Waals surface area contributed by atoms with E-state index in [-0.39, 0.29) is 11.4 Å². The van der Waals surface area contributed by atoms with Crippen molar-refractivity contribution in [1.29, 1.82) is 0 Å². The molecule has 2 aromatic rings. The minimum absolute atomic E-state index is 0.129. The lowest BCUT2D eigenvalue weighted by atomic mass is 10.2. The largest absolute Gasteiger partial charge is 0.494 e. The molecule has 1 N–H and O–H groups in total. The van der Waals surface area contributed by atoms with Crippen LogP contribution in [0, 0.1) is 17.0 Å². The van der Waals surface area contributed by atoms with Gasteiger partial charge in [-0.1, -0.05) is 11.6 Å². The molecule has 1 atom stereocenters. The van der Waals surface area contributed by atoms with Crippen molar-refractivity contribution in [2.24, 2.45) is 0 Å². The maximum Gasteiger partial charge on any atom is 0.273 e. The highest BCUT2D eigenvalue weighted by Gasteiger charge is 2.19. The van der Waals surface area contributed by atoms with Crippen LogP contribution in [-0.2, 0) is 4.79 Å². The van der Waals surface area contributed by atoms with Gasteiger partial charge < -0.3 is 14.8 Å². The molecule has 0 saturated carbocycles. The number of methoxy groups -OCH3 is 1. The third-order valence-corrected chi connectivity index (χ3v) is 3.70. The lowest BCUT2D eigenvalue weighted by Crippen LogP contribution is -2.30. The number of aryl methyl sites for hydroxylation is 1. The van der Waals surface area contributed by atoms with Gasteiger partial charge in [0.25, 0.3) is 11.6 Å². The number of halogens is 1. The summed E-state index contributed by atoms with van der Waals surface area (Å²) in [6.45, 7) is 3.42. The van der Waals surface area contributed by atoms with E-state index in [1.54, 1.807) is 25.1 Å². The lowest BCUT2D eigenvalue weighted by Gasteiger charge is -2.17. The van der Waals surface area contributed by atoms with Gasteiger partial charge in [-0.3, -0.25) is 14.9 Å². The molecule has 0 spiro atoms. The second-order valence-corrected chi connectivity index (χ2v) is 5.74. The molecule has 2 rings (SSSR count). The topological polar surface area (TPSA) is 90.7 Å². The monoisotopic (exact) mass is 364 g/mol. The molecular weight excluding hydrogens is 348 g/mol. The number of carbonyl (C=O) groups is 1. The number of hydrogen-bond acceptors (Lipinski definition) is 5. The third-order valence-electron chi connectivity index (χ3n) is 3.46. The molecule has 0 bridgehead atoms. The maximum absolute atomic E-state index is 12.3. The first-order chi connectivity index (χ1) is 11.8. The highest BCUT2D eigenvalue weighted by Crippen LogP contribution is 2.29.